The number of benzene rings is 3. The molecule has 1 aromatic heterocycles. The van der Waals surface area contributed by atoms with Crippen molar-refractivity contribution < 1.29 is 27.1 Å². The molecular formula is C26H25ClFN5O5S. The number of halogens is 2. The first-order valence-electron chi connectivity index (χ1n) is 11.7. The maximum atomic E-state index is 14.4. The highest BCUT2D eigenvalue weighted by Crippen LogP contribution is 2.35. The van der Waals surface area contributed by atoms with Crippen molar-refractivity contribution in [2.45, 2.75) is 24.2 Å². The van der Waals surface area contributed by atoms with Crippen LogP contribution in [0, 0.1) is 5.82 Å². The van der Waals surface area contributed by atoms with E-state index >= 15 is 0 Å². The normalized spacial score (nSPS) is 11.3. The first-order chi connectivity index (χ1) is 18.7. The summed E-state index contributed by atoms with van der Waals surface area (Å²) in [4.78, 5) is 20.7. The van der Waals surface area contributed by atoms with Gasteiger partial charge < -0.3 is 20.1 Å². The topological polar surface area (TPSA) is 146 Å². The Kier molecular flexibility index (Phi) is 8.79. The van der Waals surface area contributed by atoms with Crippen LogP contribution in [0.3, 0.4) is 0 Å². The molecule has 1 amide bonds. The number of hydrogen-bond donors (Lipinski definition) is 3. The van der Waals surface area contributed by atoms with E-state index in [4.69, 9.17) is 26.2 Å². The molecule has 204 valence electrons. The molecule has 4 aromatic rings. The average Bonchev–Trinajstić information content (AvgIpc) is 2.90. The summed E-state index contributed by atoms with van der Waals surface area (Å²) in [5.41, 5.74) is 1.20. The number of methoxy groups -OCH3 is 1. The SMILES string of the molecule is COc1cc2ncnc(Nc3cccc(Cl)c3F)c2cc1OCCCCC(=O)Nc1ccc(S(N)(=O)=O)cc1. The quantitative estimate of drug-likeness (QED) is 0.212. The lowest BCUT2D eigenvalue weighted by molar-refractivity contribution is -0.116. The predicted molar refractivity (Wildman–Crippen MR) is 147 cm³/mol. The molecule has 4 rings (SSSR count). The van der Waals surface area contributed by atoms with Gasteiger partial charge in [-0.15, -0.1) is 0 Å². The van der Waals surface area contributed by atoms with E-state index in [9.17, 15) is 17.6 Å². The minimum absolute atomic E-state index is 0.0160. The van der Waals surface area contributed by atoms with E-state index in [-0.39, 0.29) is 27.9 Å². The molecule has 39 heavy (non-hydrogen) atoms. The number of rotatable bonds is 11. The second-order valence-electron chi connectivity index (χ2n) is 8.39. The lowest BCUT2D eigenvalue weighted by atomic mass is 10.2. The number of carbonyl (C=O) groups is 1. The highest BCUT2D eigenvalue weighted by molar-refractivity contribution is 7.89. The third-order valence-electron chi connectivity index (χ3n) is 5.65. The number of fused-ring (bicyclic) bond motifs is 1. The molecule has 1 heterocycles. The molecule has 0 aliphatic rings. The third kappa shape index (κ3) is 7.11. The van der Waals surface area contributed by atoms with Gasteiger partial charge in [-0.1, -0.05) is 17.7 Å². The van der Waals surface area contributed by atoms with Crippen molar-refractivity contribution in [1.82, 2.24) is 9.97 Å². The van der Waals surface area contributed by atoms with Gasteiger partial charge in [0.25, 0.3) is 0 Å². The van der Waals surface area contributed by atoms with Crippen LogP contribution >= 0.6 is 11.6 Å². The molecule has 0 fully saturated rings. The van der Waals surface area contributed by atoms with Crippen LogP contribution in [0.5, 0.6) is 11.5 Å². The highest BCUT2D eigenvalue weighted by Gasteiger charge is 2.14. The fraction of sp³-hybridized carbons (Fsp3) is 0.192. The number of nitrogens with zero attached hydrogens (tertiary/aromatic N) is 2. The molecule has 0 saturated heterocycles. The smallest absolute Gasteiger partial charge is 0.238 e. The third-order valence-corrected chi connectivity index (χ3v) is 6.87. The Labute approximate surface area is 229 Å². The fourth-order valence-corrected chi connectivity index (χ4v) is 4.38. The number of primary sulfonamides is 1. The number of anilines is 3. The Morgan fingerprint density at radius 1 is 1.08 bits per heavy atom. The number of ether oxygens (including phenoxy) is 2. The summed E-state index contributed by atoms with van der Waals surface area (Å²) in [5.74, 6) is 0.446. The van der Waals surface area contributed by atoms with Crippen LogP contribution in [-0.4, -0.2) is 38.0 Å². The van der Waals surface area contributed by atoms with Crippen LogP contribution in [0.2, 0.25) is 5.02 Å². The van der Waals surface area contributed by atoms with Gasteiger partial charge in [0.1, 0.15) is 12.1 Å². The van der Waals surface area contributed by atoms with E-state index in [1.54, 1.807) is 24.3 Å². The summed E-state index contributed by atoms with van der Waals surface area (Å²) in [7, 11) is -2.29. The van der Waals surface area contributed by atoms with Gasteiger partial charge in [-0.3, -0.25) is 4.79 Å². The summed E-state index contributed by atoms with van der Waals surface area (Å²) in [6.45, 7) is 0.303. The first kappa shape index (κ1) is 28.0. The molecule has 3 aromatic carbocycles. The minimum atomic E-state index is -3.79. The van der Waals surface area contributed by atoms with Crippen LogP contribution in [0.1, 0.15) is 19.3 Å². The molecule has 4 N–H and O–H groups in total. The van der Waals surface area contributed by atoms with E-state index in [0.29, 0.717) is 53.4 Å². The summed E-state index contributed by atoms with van der Waals surface area (Å²) in [6, 6.07) is 13.6. The van der Waals surface area contributed by atoms with Gasteiger partial charge in [-0.05, 0) is 55.3 Å². The van der Waals surface area contributed by atoms with E-state index < -0.39 is 15.8 Å². The maximum absolute atomic E-state index is 14.4. The summed E-state index contributed by atoms with van der Waals surface area (Å²) >= 11 is 5.89. The minimum Gasteiger partial charge on any atom is -0.493 e. The number of aromatic nitrogens is 2. The number of hydrogen-bond acceptors (Lipinski definition) is 8. The number of nitrogens with two attached hydrogens (primary N) is 1. The molecule has 13 heteroatoms. The Morgan fingerprint density at radius 2 is 1.85 bits per heavy atom. The fourth-order valence-electron chi connectivity index (χ4n) is 3.69. The summed E-state index contributed by atoms with van der Waals surface area (Å²) in [5, 5.41) is 11.3. The molecule has 0 radical (unpaired) electrons. The van der Waals surface area contributed by atoms with E-state index in [1.807, 2.05) is 0 Å². The molecule has 0 spiro atoms. The Balaban J connectivity index is 1.36. The zero-order valence-electron chi connectivity index (χ0n) is 20.8. The van der Waals surface area contributed by atoms with Crippen LogP contribution in [0.4, 0.5) is 21.6 Å². The monoisotopic (exact) mass is 573 g/mol. The maximum Gasteiger partial charge on any atom is 0.238 e. The lowest BCUT2D eigenvalue weighted by Gasteiger charge is -2.14. The second kappa shape index (κ2) is 12.2. The number of unbranched alkanes of at least 4 members (excludes halogenated alkanes) is 1. The van der Waals surface area contributed by atoms with Crippen LogP contribution in [0.15, 0.2) is 65.8 Å². The van der Waals surface area contributed by atoms with Gasteiger partial charge in [-0.2, -0.15) is 0 Å². The highest BCUT2D eigenvalue weighted by atomic mass is 35.5. The molecule has 0 unspecified atom stereocenters. The van der Waals surface area contributed by atoms with Crippen LogP contribution in [-0.2, 0) is 14.8 Å². The van der Waals surface area contributed by atoms with E-state index in [2.05, 4.69) is 20.6 Å². The van der Waals surface area contributed by atoms with Gasteiger partial charge in [0.05, 0.1) is 34.8 Å². The molecule has 0 atom stereocenters. The molecular weight excluding hydrogens is 549 g/mol. The summed E-state index contributed by atoms with van der Waals surface area (Å²) in [6.07, 6.45) is 2.71. The van der Waals surface area contributed by atoms with Crippen LogP contribution < -0.4 is 25.2 Å². The largest absolute Gasteiger partial charge is 0.493 e. The zero-order valence-corrected chi connectivity index (χ0v) is 22.4. The predicted octanol–water partition coefficient (Wildman–Crippen LogP) is 5.01. The van der Waals surface area contributed by atoms with Gasteiger partial charge in [0.15, 0.2) is 17.3 Å². The number of sulfonamides is 1. The van der Waals surface area contributed by atoms with Crippen molar-refractivity contribution in [1.29, 1.82) is 0 Å². The van der Waals surface area contributed by atoms with Crippen molar-refractivity contribution in [3.8, 4) is 11.5 Å². The van der Waals surface area contributed by atoms with Gasteiger partial charge in [0, 0.05) is 23.6 Å². The average molecular weight is 574 g/mol. The van der Waals surface area contributed by atoms with Crippen molar-refractivity contribution in [2.75, 3.05) is 24.4 Å². The molecule has 0 bridgehead atoms. The Bertz CT molecular complexity index is 1600. The van der Waals surface area contributed by atoms with E-state index in [0.717, 1.165) is 0 Å². The van der Waals surface area contributed by atoms with Gasteiger partial charge in [-0.25, -0.2) is 27.9 Å². The number of amides is 1. The molecule has 10 nitrogen and oxygen atoms in total. The van der Waals surface area contributed by atoms with Gasteiger partial charge >= 0.3 is 0 Å². The Morgan fingerprint density at radius 3 is 2.56 bits per heavy atom. The van der Waals surface area contributed by atoms with Crippen molar-refractivity contribution in [3.63, 3.8) is 0 Å². The summed E-state index contributed by atoms with van der Waals surface area (Å²) < 4.78 is 48.5. The van der Waals surface area contributed by atoms with Gasteiger partial charge in [0.2, 0.25) is 15.9 Å². The second-order valence-corrected chi connectivity index (χ2v) is 10.4. The standard InChI is InChI=1S/C26H25ClFN5O5S/c1-37-22-14-21-18(26(31-15-30-21)33-20-6-4-5-19(27)25(20)28)13-23(22)38-12-3-2-7-24(34)32-16-8-10-17(11-9-16)39(29,35)36/h4-6,8-11,13-15H,2-3,7,12H2,1H3,(H,32,34)(H2,29,35,36)(H,30,31,33). The molecule has 0 aliphatic heterocycles. The van der Waals surface area contributed by atoms with Crippen molar-refractivity contribution in [2.24, 2.45) is 5.14 Å². The van der Waals surface area contributed by atoms with Crippen LogP contribution in [0.25, 0.3) is 10.9 Å². The van der Waals surface area contributed by atoms with Crippen molar-refractivity contribution >= 4 is 55.6 Å². The number of nitrogens with one attached hydrogen (secondary N) is 2. The Hall–Kier alpha value is -4.00. The first-order valence-corrected chi connectivity index (χ1v) is 13.7. The van der Waals surface area contributed by atoms with Crippen molar-refractivity contribution in [3.05, 3.63) is 71.8 Å². The molecule has 0 aliphatic carbocycles. The molecule has 0 saturated carbocycles. The number of carbonyl (C=O) groups excluding carboxylic acids is 1. The lowest BCUT2D eigenvalue weighted by Crippen LogP contribution is -2.13. The van der Waals surface area contributed by atoms with E-state index in [1.165, 1.54) is 43.8 Å². The zero-order chi connectivity index (χ0) is 28.0.